The second kappa shape index (κ2) is 16.2. The van der Waals surface area contributed by atoms with Gasteiger partial charge >= 0.3 is 13.7 Å². The molecule has 0 spiro atoms. The Kier molecular flexibility index (Phi) is 12.7. The van der Waals surface area contributed by atoms with Crippen LogP contribution in [0.5, 0.6) is 5.88 Å². The summed E-state index contributed by atoms with van der Waals surface area (Å²) in [5.74, 6) is -0.748. The van der Waals surface area contributed by atoms with Crippen molar-refractivity contribution in [3.63, 3.8) is 0 Å². The molecule has 2 heterocycles. The number of unbranched alkanes of at least 4 members (excludes halogenated alkanes) is 1. The first-order valence-electron chi connectivity index (χ1n) is 14.1. The third-order valence-electron chi connectivity index (χ3n) is 6.41. The van der Waals surface area contributed by atoms with Gasteiger partial charge in [-0.1, -0.05) is 43.7 Å². The van der Waals surface area contributed by atoms with Gasteiger partial charge in [-0.15, -0.1) is 0 Å². The van der Waals surface area contributed by atoms with Crippen LogP contribution in [0, 0.1) is 0 Å². The second-order valence-electron chi connectivity index (χ2n) is 9.42. The summed E-state index contributed by atoms with van der Waals surface area (Å²) in [5.41, 5.74) is 0.627. The summed E-state index contributed by atoms with van der Waals surface area (Å²) in [7, 11) is -2.33. The topological polar surface area (TPSA) is 149 Å². The fourth-order valence-electron chi connectivity index (χ4n) is 4.26. The van der Waals surface area contributed by atoms with Crippen LogP contribution in [0.1, 0.15) is 44.1 Å². The molecule has 1 aromatic carbocycles. The number of piperazine rings is 1. The quantitative estimate of drug-likeness (QED) is 0.250. The number of carbonyl (C=O) groups is 3. The van der Waals surface area contributed by atoms with Crippen molar-refractivity contribution in [1.82, 2.24) is 25.1 Å². The highest BCUT2D eigenvalue weighted by Gasteiger charge is 2.37. The largest absolute Gasteiger partial charge is 0.481 e. The lowest BCUT2D eigenvalue weighted by Crippen LogP contribution is -2.57. The molecule has 1 unspecified atom stereocenters. The van der Waals surface area contributed by atoms with E-state index in [1.807, 2.05) is 25.1 Å². The van der Waals surface area contributed by atoms with Crippen LogP contribution in [-0.2, 0) is 23.1 Å². The van der Waals surface area contributed by atoms with Crippen molar-refractivity contribution in [2.75, 3.05) is 59.3 Å². The zero-order chi connectivity index (χ0) is 30.5. The van der Waals surface area contributed by atoms with E-state index in [1.165, 1.54) is 23.0 Å². The molecule has 0 saturated carbocycles. The first kappa shape index (κ1) is 33.0. The molecule has 1 aliphatic heterocycles. The molecule has 1 atom stereocenters. The minimum Gasteiger partial charge on any atom is -0.481 e. The molecular formula is C28H40N5O8P. The average molecular weight is 606 g/mol. The Hall–Kier alpha value is -3.54. The van der Waals surface area contributed by atoms with Crippen molar-refractivity contribution in [2.24, 2.45) is 0 Å². The minimum absolute atomic E-state index is 0.0409. The van der Waals surface area contributed by atoms with Crippen molar-refractivity contribution in [3.05, 3.63) is 42.1 Å². The molecule has 0 radical (unpaired) electrons. The van der Waals surface area contributed by atoms with E-state index in [0.29, 0.717) is 12.2 Å². The van der Waals surface area contributed by atoms with E-state index in [1.54, 1.807) is 26.0 Å². The average Bonchev–Trinajstić information content (AvgIpc) is 3.00. The Morgan fingerprint density at radius 1 is 0.976 bits per heavy atom. The zero-order valence-electron chi connectivity index (χ0n) is 24.6. The Labute approximate surface area is 246 Å². The SMILES string of the molecule is CCCCOC(=O)N1CCN(C(=O)C(CP(=O)(OCC)OCC)NC(=O)c2cc(OC)nc(-c3ccccc3)n2)CC1. The number of rotatable bonds is 14. The lowest BCUT2D eigenvalue weighted by molar-refractivity contribution is -0.134. The van der Waals surface area contributed by atoms with Gasteiger partial charge in [0.15, 0.2) is 5.82 Å². The predicted molar refractivity (Wildman–Crippen MR) is 155 cm³/mol. The number of amides is 3. The van der Waals surface area contributed by atoms with Crippen molar-refractivity contribution < 1.29 is 37.5 Å². The van der Waals surface area contributed by atoms with E-state index in [-0.39, 0.29) is 63.0 Å². The van der Waals surface area contributed by atoms with E-state index in [0.717, 1.165) is 12.8 Å². The summed E-state index contributed by atoms with van der Waals surface area (Å²) in [6.45, 7) is 6.80. The molecule has 42 heavy (non-hydrogen) atoms. The van der Waals surface area contributed by atoms with E-state index in [4.69, 9.17) is 18.5 Å². The molecule has 3 amide bonds. The summed E-state index contributed by atoms with van der Waals surface area (Å²) in [6.07, 6.45) is 0.873. The van der Waals surface area contributed by atoms with Crippen molar-refractivity contribution in [2.45, 2.75) is 39.7 Å². The van der Waals surface area contributed by atoms with Gasteiger partial charge in [0, 0.05) is 37.8 Å². The Bertz CT molecular complexity index is 1230. The van der Waals surface area contributed by atoms with E-state index in [9.17, 15) is 18.9 Å². The summed E-state index contributed by atoms with van der Waals surface area (Å²) in [5, 5.41) is 2.69. The van der Waals surface area contributed by atoms with Crippen LogP contribution in [0.25, 0.3) is 11.4 Å². The fraction of sp³-hybridized carbons (Fsp3) is 0.536. The number of nitrogens with one attached hydrogen (secondary N) is 1. The van der Waals surface area contributed by atoms with Gasteiger partial charge in [-0.05, 0) is 20.3 Å². The molecule has 230 valence electrons. The monoisotopic (exact) mass is 605 g/mol. The number of benzene rings is 1. The lowest BCUT2D eigenvalue weighted by Gasteiger charge is -2.36. The van der Waals surface area contributed by atoms with Crippen LogP contribution in [0.4, 0.5) is 4.79 Å². The van der Waals surface area contributed by atoms with Gasteiger partial charge in [0.25, 0.3) is 5.91 Å². The van der Waals surface area contributed by atoms with Crippen molar-refractivity contribution in [1.29, 1.82) is 0 Å². The number of hydrogen-bond donors (Lipinski definition) is 1. The molecule has 1 N–H and O–H groups in total. The van der Waals surface area contributed by atoms with Crippen LogP contribution in [0.2, 0.25) is 0 Å². The number of nitrogens with zero attached hydrogens (tertiary/aromatic N) is 4. The maximum absolute atomic E-state index is 13.7. The molecule has 14 heteroatoms. The Morgan fingerprint density at radius 2 is 1.62 bits per heavy atom. The lowest BCUT2D eigenvalue weighted by atomic mass is 10.2. The summed E-state index contributed by atoms with van der Waals surface area (Å²) >= 11 is 0. The van der Waals surface area contributed by atoms with Gasteiger partial charge in [0.1, 0.15) is 11.7 Å². The van der Waals surface area contributed by atoms with Gasteiger partial charge < -0.3 is 33.6 Å². The number of methoxy groups -OCH3 is 1. The Balaban J connectivity index is 1.82. The van der Waals surface area contributed by atoms with Crippen LogP contribution < -0.4 is 10.1 Å². The zero-order valence-corrected chi connectivity index (χ0v) is 25.5. The van der Waals surface area contributed by atoms with Crippen LogP contribution in [0.3, 0.4) is 0 Å². The van der Waals surface area contributed by atoms with E-state index in [2.05, 4.69) is 15.3 Å². The van der Waals surface area contributed by atoms with E-state index < -0.39 is 31.5 Å². The predicted octanol–water partition coefficient (Wildman–Crippen LogP) is 3.60. The number of aromatic nitrogens is 2. The molecule has 1 aliphatic rings. The van der Waals surface area contributed by atoms with Crippen molar-refractivity contribution >= 4 is 25.5 Å². The molecule has 1 fully saturated rings. The van der Waals surface area contributed by atoms with E-state index >= 15 is 0 Å². The molecule has 0 bridgehead atoms. The molecule has 2 aromatic rings. The van der Waals surface area contributed by atoms with Gasteiger partial charge in [0.05, 0.1) is 33.1 Å². The highest BCUT2D eigenvalue weighted by atomic mass is 31.2. The molecule has 0 aliphatic carbocycles. The summed E-state index contributed by atoms with van der Waals surface area (Å²) in [4.78, 5) is 51.3. The maximum Gasteiger partial charge on any atom is 0.409 e. The van der Waals surface area contributed by atoms with Crippen molar-refractivity contribution in [3.8, 4) is 17.3 Å². The highest BCUT2D eigenvalue weighted by Crippen LogP contribution is 2.48. The molecule has 13 nitrogen and oxygen atoms in total. The van der Waals surface area contributed by atoms with Gasteiger partial charge in [-0.25, -0.2) is 9.78 Å². The molecular weight excluding hydrogens is 565 g/mol. The first-order chi connectivity index (χ1) is 20.2. The van der Waals surface area contributed by atoms with Crippen LogP contribution in [-0.4, -0.2) is 103 Å². The third-order valence-corrected chi connectivity index (χ3v) is 8.53. The first-order valence-corrected chi connectivity index (χ1v) is 15.8. The third kappa shape index (κ3) is 9.23. The number of ether oxygens (including phenoxy) is 2. The summed E-state index contributed by atoms with van der Waals surface area (Å²) < 4.78 is 34.9. The maximum atomic E-state index is 13.7. The van der Waals surface area contributed by atoms with Crippen LogP contribution in [0.15, 0.2) is 36.4 Å². The molecule has 3 rings (SSSR count). The number of hydrogen-bond acceptors (Lipinski definition) is 10. The standard InChI is InChI=1S/C28H40N5O8P/c1-5-8-18-39-28(36)33-16-14-32(15-17-33)27(35)23(20-42(37,40-6-2)41-7-3)30-26(34)22-19-24(38-4)31-25(29-22)21-12-10-9-11-13-21/h9-13,19,23H,5-8,14-18,20H2,1-4H3,(H,30,34). The van der Waals surface area contributed by atoms with Gasteiger partial charge in [-0.2, -0.15) is 4.98 Å². The second-order valence-corrected chi connectivity index (χ2v) is 11.5. The minimum atomic E-state index is -3.75. The number of carbonyl (C=O) groups excluding carboxylic acids is 3. The summed E-state index contributed by atoms with van der Waals surface area (Å²) in [6, 6.07) is 9.16. The normalized spacial score (nSPS) is 14.3. The smallest absolute Gasteiger partial charge is 0.409 e. The van der Waals surface area contributed by atoms with Gasteiger partial charge in [0.2, 0.25) is 11.8 Å². The fourth-order valence-corrected chi connectivity index (χ4v) is 6.03. The molecule has 1 aromatic heterocycles. The molecule has 1 saturated heterocycles. The van der Waals surface area contributed by atoms with Crippen LogP contribution >= 0.6 is 7.60 Å². The van der Waals surface area contributed by atoms with Gasteiger partial charge in [-0.3, -0.25) is 14.2 Å². The highest BCUT2D eigenvalue weighted by molar-refractivity contribution is 7.54. The Morgan fingerprint density at radius 3 is 2.21 bits per heavy atom.